The second-order valence-electron chi connectivity index (χ2n) is 4.35. The number of hydrogen-bond donors (Lipinski definition) is 2. The minimum atomic E-state index is -0.412. The van der Waals surface area contributed by atoms with Crippen LogP contribution in [0.1, 0.15) is 13.3 Å². The maximum absolute atomic E-state index is 13.7. The van der Waals surface area contributed by atoms with E-state index in [9.17, 15) is 4.39 Å². The topological polar surface area (TPSA) is 47.3 Å². The van der Waals surface area contributed by atoms with E-state index in [2.05, 4.69) is 5.32 Å². The van der Waals surface area contributed by atoms with Crippen molar-refractivity contribution in [1.29, 1.82) is 0 Å². The summed E-state index contributed by atoms with van der Waals surface area (Å²) in [7, 11) is 0. The van der Waals surface area contributed by atoms with Crippen LogP contribution in [0.15, 0.2) is 36.4 Å². The first-order valence-corrected chi connectivity index (χ1v) is 6.72. The van der Waals surface area contributed by atoms with E-state index >= 15 is 0 Å². The maximum Gasteiger partial charge on any atom is 0.148 e. The summed E-state index contributed by atoms with van der Waals surface area (Å²) >= 11 is 5.72. The van der Waals surface area contributed by atoms with Gasteiger partial charge in [0, 0.05) is 16.8 Å². The predicted molar refractivity (Wildman–Crippen MR) is 81.3 cm³/mol. The van der Waals surface area contributed by atoms with E-state index in [0.29, 0.717) is 34.4 Å². The van der Waals surface area contributed by atoms with Crippen LogP contribution in [0.3, 0.4) is 0 Å². The van der Waals surface area contributed by atoms with Crippen molar-refractivity contribution in [3.8, 4) is 5.75 Å². The zero-order valence-electron chi connectivity index (χ0n) is 11.1. The maximum atomic E-state index is 13.7. The van der Waals surface area contributed by atoms with Crippen molar-refractivity contribution in [2.75, 3.05) is 17.7 Å². The fraction of sp³-hybridized carbons (Fsp3) is 0.200. The molecular formula is C15H16ClFN2O. The van der Waals surface area contributed by atoms with Gasteiger partial charge in [0.25, 0.3) is 0 Å². The summed E-state index contributed by atoms with van der Waals surface area (Å²) in [6.07, 6.45) is 0.892. The molecule has 106 valence electrons. The molecule has 0 amide bonds. The molecule has 0 aliphatic rings. The second kappa shape index (κ2) is 6.48. The second-order valence-corrected chi connectivity index (χ2v) is 4.79. The SMILES string of the molecule is CCCOc1cc(Nc2ccc(Cl)cc2F)ccc1N. The summed E-state index contributed by atoms with van der Waals surface area (Å²) in [4.78, 5) is 0. The lowest BCUT2D eigenvalue weighted by molar-refractivity contribution is 0.319. The van der Waals surface area contributed by atoms with Gasteiger partial charge < -0.3 is 15.8 Å². The highest BCUT2D eigenvalue weighted by molar-refractivity contribution is 6.30. The van der Waals surface area contributed by atoms with Gasteiger partial charge in [0.2, 0.25) is 0 Å². The van der Waals surface area contributed by atoms with Crippen molar-refractivity contribution in [3.05, 3.63) is 47.2 Å². The van der Waals surface area contributed by atoms with E-state index in [0.717, 1.165) is 6.42 Å². The Bertz CT molecular complexity index is 604. The molecule has 0 aliphatic heterocycles. The number of anilines is 3. The van der Waals surface area contributed by atoms with Gasteiger partial charge in [0.05, 0.1) is 18.0 Å². The van der Waals surface area contributed by atoms with E-state index in [4.69, 9.17) is 22.1 Å². The highest BCUT2D eigenvalue weighted by Crippen LogP contribution is 2.29. The Morgan fingerprint density at radius 1 is 1.25 bits per heavy atom. The number of hydrogen-bond acceptors (Lipinski definition) is 3. The molecule has 0 fully saturated rings. The van der Waals surface area contributed by atoms with Crippen molar-refractivity contribution in [2.45, 2.75) is 13.3 Å². The number of benzene rings is 2. The molecule has 0 heterocycles. The van der Waals surface area contributed by atoms with Crippen molar-refractivity contribution in [1.82, 2.24) is 0 Å². The van der Waals surface area contributed by atoms with E-state index < -0.39 is 5.82 Å². The molecule has 20 heavy (non-hydrogen) atoms. The minimum absolute atomic E-state index is 0.348. The van der Waals surface area contributed by atoms with E-state index in [1.54, 1.807) is 30.3 Å². The molecule has 2 rings (SSSR count). The van der Waals surface area contributed by atoms with E-state index in [-0.39, 0.29) is 0 Å². The van der Waals surface area contributed by atoms with Gasteiger partial charge >= 0.3 is 0 Å². The number of nitrogens with one attached hydrogen (secondary N) is 1. The highest BCUT2D eigenvalue weighted by atomic mass is 35.5. The number of halogens is 2. The molecule has 0 spiro atoms. The Kier molecular flexibility index (Phi) is 4.69. The molecule has 2 aromatic carbocycles. The van der Waals surface area contributed by atoms with Gasteiger partial charge in [-0.2, -0.15) is 0 Å². The fourth-order valence-corrected chi connectivity index (χ4v) is 1.85. The van der Waals surface area contributed by atoms with Crippen LogP contribution in [-0.2, 0) is 0 Å². The Labute approximate surface area is 122 Å². The fourth-order valence-electron chi connectivity index (χ4n) is 1.70. The van der Waals surface area contributed by atoms with Crippen LogP contribution in [-0.4, -0.2) is 6.61 Å². The molecule has 0 radical (unpaired) electrons. The molecule has 0 saturated heterocycles. The van der Waals surface area contributed by atoms with Crippen LogP contribution in [0.5, 0.6) is 5.75 Å². The van der Waals surface area contributed by atoms with Crippen LogP contribution in [0.4, 0.5) is 21.5 Å². The molecular weight excluding hydrogens is 279 g/mol. The molecule has 0 aliphatic carbocycles. The van der Waals surface area contributed by atoms with E-state index in [1.807, 2.05) is 6.92 Å². The molecule has 0 atom stereocenters. The number of ether oxygens (including phenoxy) is 1. The van der Waals surface area contributed by atoms with Crippen molar-refractivity contribution in [3.63, 3.8) is 0 Å². The monoisotopic (exact) mass is 294 g/mol. The Morgan fingerprint density at radius 3 is 2.75 bits per heavy atom. The van der Waals surface area contributed by atoms with Crippen molar-refractivity contribution in [2.24, 2.45) is 0 Å². The summed E-state index contributed by atoms with van der Waals surface area (Å²) in [5.74, 6) is 0.177. The van der Waals surface area contributed by atoms with Gasteiger partial charge in [-0.15, -0.1) is 0 Å². The van der Waals surface area contributed by atoms with Gasteiger partial charge in [0.1, 0.15) is 11.6 Å². The van der Waals surface area contributed by atoms with Crippen molar-refractivity contribution < 1.29 is 9.13 Å². The number of rotatable bonds is 5. The largest absolute Gasteiger partial charge is 0.491 e. The van der Waals surface area contributed by atoms with Crippen LogP contribution in [0.2, 0.25) is 5.02 Å². The molecule has 2 aromatic rings. The first kappa shape index (κ1) is 14.5. The average molecular weight is 295 g/mol. The first-order valence-electron chi connectivity index (χ1n) is 6.34. The van der Waals surface area contributed by atoms with Gasteiger partial charge in [-0.05, 0) is 36.8 Å². The number of nitrogen functional groups attached to an aromatic ring is 1. The minimum Gasteiger partial charge on any atom is -0.491 e. The van der Waals surface area contributed by atoms with E-state index in [1.165, 1.54) is 6.07 Å². The summed E-state index contributed by atoms with van der Waals surface area (Å²) in [5.41, 5.74) is 7.43. The molecule has 3 N–H and O–H groups in total. The van der Waals surface area contributed by atoms with Gasteiger partial charge in [-0.3, -0.25) is 0 Å². The zero-order valence-corrected chi connectivity index (χ0v) is 11.9. The van der Waals surface area contributed by atoms with Gasteiger partial charge in [-0.1, -0.05) is 18.5 Å². The molecule has 5 heteroatoms. The Hall–Kier alpha value is -1.94. The van der Waals surface area contributed by atoms with Crippen LogP contribution >= 0.6 is 11.6 Å². The smallest absolute Gasteiger partial charge is 0.148 e. The lowest BCUT2D eigenvalue weighted by Gasteiger charge is -2.12. The molecule has 3 nitrogen and oxygen atoms in total. The Morgan fingerprint density at radius 2 is 2.05 bits per heavy atom. The van der Waals surface area contributed by atoms with Crippen molar-refractivity contribution >= 4 is 28.7 Å². The van der Waals surface area contributed by atoms with Gasteiger partial charge in [0.15, 0.2) is 0 Å². The average Bonchev–Trinajstić information content (AvgIpc) is 2.42. The lowest BCUT2D eigenvalue weighted by Crippen LogP contribution is -2.00. The normalized spacial score (nSPS) is 10.3. The third-order valence-corrected chi connectivity index (χ3v) is 2.92. The third-order valence-electron chi connectivity index (χ3n) is 2.69. The Balaban J connectivity index is 2.20. The van der Waals surface area contributed by atoms with Crippen LogP contribution < -0.4 is 15.8 Å². The molecule has 0 aromatic heterocycles. The van der Waals surface area contributed by atoms with Crippen LogP contribution in [0.25, 0.3) is 0 Å². The summed E-state index contributed by atoms with van der Waals surface area (Å²) in [6.45, 7) is 2.60. The standard InChI is InChI=1S/C15H16ClFN2O/c1-2-7-20-15-9-11(4-5-13(15)18)19-14-6-3-10(16)8-12(14)17/h3-6,8-9,19H,2,7,18H2,1H3. The predicted octanol–water partition coefficient (Wildman–Crippen LogP) is 4.59. The number of nitrogens with two attached hydrogens (primary N) is 1. The van der Waals surface area contributed by atoms with Crippen LogP contribution in [0, 0.1) is 5.82 Å². The molecule has 0 bridgehead atoms. The third kappa shape index (κ3) is 3.54. The summed E-state index contributed by atoms with van der Waals surface area (Å²) < 4.78 is 19.2. The quantitative estimate of drug-likeness (QED) is 0.793. The molecule has 0 unspecified atom stereocenters. The summed E-state index contributed by atoms with van der Waals surface area (Å²) in [6, 6.07) is 9.71. The lowest BCUT2D eigenvalue weighted by atomic mass is 10.2. The highest BCUT2D eigenvalue weighted by Gasteiger charge is 2.06. The summed E-state index contributed by atoms with van der Waals surface area (Å²) in [5, 5.41) is 3.33. The zero-order chi connectivity index (χ0) is 14.5. The molecule has 0 saturated carbocycles. The first-order chi connectivity index (χ1) is 9.60. The van der Waals surface area contributed by atoms with Gasteiger partial charge in [-0.25, -0.2) is 4.39 Å².